The van der Waals surface area contributed by atoms with Gasteiger partial charge in [-0.05, 0) is 55.7 Å². The first-order valence-electron chi connectivity index (χ1n) is 10.7. The van der Waals surface area contributed by atoms with E-state index in [9.17, 15) is 9.59 Å². The van der Waals surface area contributed by atoms with Crippen LogP contribution >= 0.6 is 11.8 Å². The zero-order valence-corrected chi connectivity index (χ0v) is 18.5. The summed E-state index contributed by atoms with van der Waals surface area (Å²) >= 11 is 1.32. The van der Waals surface area contributed by atoms with Crippen LogP contribution in [0.15, 0.2) is 81.3 Å². The first kappa shape index (κ1) is 20.6. The van der Waals surface area contributed by atoms with Gasteiger partial charge in [0.15, 0.2) is 5.16 Å². The summed E-state index contributed by atoms with van der Waals surface area (Å²) in [4.78, 5) is 33.3. The second-order valence-electron chi connectivity index (χ2n) is 7.86. The Morgan fingerprint density at radius 3 is 2.78 bits per heavy atom. The number of benzene rings is 2. The molecule has 162 valence electrons. The molecule has 0 radical (unpaired) electrons. The second kappa shape index (κ2) is 8.67. The van der Waals surface area contributed by atoms with Crippen LogP contribution in [-0.2, 0) is 17.8 Å². The fourth-order valence-corrected chi connectivity index (χ4v) is 5.10. The van der Waals surface area contributed by atoms with Crippen LogP contribution < -0.4 is 10.5 Å². The van der Waals surface area contributed by atoms with E-state index in [2.05, 4.69) is 6.07 Å². The fraction of sp³-hybridized carbons (Fsp3) is 0.240. The van der Waals surface area contributed by atoms with Gasteiger partial charge in [-0.25, -0.2) is 4.98 Å². The smallest absolute Gasteiger partial charge is 0.262 e. The Balaban J connectivity index is 1.49. The zero-order valence-electron chi connectivity index (χ0n) is 17.7. The van der Waals surface area contributed by atoms with E-state index in [4.69, 9.17) is 9.40 Å². The lowest BCUT2D eigenvalue weighted by Crippen LogP contribution is -2.40. The molecule has 0 spiro atoms. The summed E-state index contributed by atoms with van der Waals surface area (Å²) in [5.41, 5.74) is 2.66. The molecule has 6 nitrogen and oxygen atoms in total. The Morgan fingerprint density at radius 1 is 1.12 bits per heavy atom. The van der Waals surface area contributed by atoms with Crippen LogP contribution in [0.4, 0.5) is 5.69 Å². The van der Waals surface area contributed by atoms with Crippen LogP contribution in [0.25, 0.3) is 10.9 Å². The number of fused-ring (bicyclic) bond motifs is 2. The van der Waals surface area contributed by atoms with Gasteiger partial charge in [0.05, 0.1) is 29.0 Å². The van der Waals surface area contributed by atoms with Crippen molar-refractivity contribution in [1.82, 2.24) is 9.55 Å². The van der Waals surface area contributed by atoms with E-state index >= 15 is 0 Å². The van der Waals surface area contributed by atoms with E-state index in [0.29, 0.717) is 28.4 Å². The van der Waals surface area contributed by atoms with Crippen molar-refractivity contribution in [2.24, 2.45) is 0 Å². The molecule has 0 bridgehead atoms. The standard InChI is InChI=1S/C25H23N3O3S/c1-17(23(29)27-14-6-9-18-8-2-5-13-22(18)27)32-25-26-21-12-4-3-11-20(21)24(30)28(25)16-19-10-7-15-31-19/h2-5,7-8,10-13,15,17H,6,9,14,16H2,1H3/t17-/m1/s1. The number of anilines is 1. The summed E-state index contributed by atoms with van der Waals surface area (Å²) in [6.07, 6.45) is 3.51. The summed E-state index contributed by atoms with van der Waals surface area (Å²) in [5.74, 6) is 0.684. The van der Waals surface area contributed by atoms with Gasteiger partial charge in [-0.3, -0.25) is 14.2 Å². The Bertz CT molecular complexity index is 1330. The molecule has 2 aromatic heterocycles. The minimum Gasteiger partial charge on any atom is -0.467 e. The number of aryl methyl sites for hydroxylation is 1. The summed E-state index contributed by atoms with van der Waals surface area (Å²) < 4.78 is 7.07. The lowest BCUT2D eigenvalue weighted by atomic mass is 10.0. The highest BCUT2D eigenvalue weighted by Crippen LogP contribution is 2.31. The first-order valence-corrected chi connectivity index (χ1v) is 11.6. The summed E-state index contributed by atoms with van der Waals surface area (Å²) in [6.45, 7) is 2.84. The largest absolute Gasteiger partial charge is 0.467 e. The molecule has 1 aliphatic rings. The van der Waals surface area contributed by atoms with Crippen LogP contribution in [0, 0.1) is 0 Å². The van der Waals surface area contributed by atoms with Crippen molar-refractivity contribution in [2.75, 3.05) is 11.4 Å². The minimum absolute atomic E-state index is 0.0223. The number of carbonyl (C=O) groups is 1. The Labute approximate surface area is 189 Å². The molecular formula is C25H23N3O3S. The van der Waals surface area contributed by atoms with Crippen LogP contribution in [0.5, 0.6) is 0 Å². The van der Waals surface area contributed by atoms with Crippen LogP contribution in [0.1, 0.15) is 24.7 Å². The van der Waals surface area contributed by atoms with E-state index in [-0.39, 0.29) is 18.0 Å². The summed E-state index contributed by atoms with van der Waals surface area (Å²) in [7, 11) is 0. The van der Waals surface area contributed by atoms with Crippen molar-refractivity contribution in [1.29, 1.82) is 0 Å². The molecule has 0 saturated carbocycles. The zero-order chi connectivity index (χ0) is 22.1. The molecule has 1 aliphatic heterocycles. The molecule has 0 aliphatic carbocycles. The molecule has 0 unspecified atom stereocenters. The van der Waals surface area contributed by atoms with E-state index in [1.54, 1.807) is 23.0 Å². The molecule has 1 amide bonds. The third-order valence-electron chi connectivity index (χ3n) is 5.73. The number of thioether (sulfide) groups is 1. The lowest BCUT2D eigenvalue weighted by Gasteiger charge is -2.31. The van der Waals surface area contributed by atoms with Crippen LogP contribution in [0.2, 0.25) is 0 Å². The molecule has 4 aromatic rings. The number of hydrogen-bond donors (Lipinski definition) is 0. The fourth-order valence-electron chi connectivity index (χ4n) is 4.13. The van der Waals surface area contributed by atoms with Gasteiger partial charge in [0.25, 0.3) is 5.56 Å². The lowest BCUT2D eigenvalue weighted by molar-refractivity contribution is -0.117. The topological polar surface area (TPSA) is 68.3 Å². The van der Waals surface area contributed by atoms with Crippen molar-refractivity contribution in [2.45, 2.75) is 36.7 Å². The molecule has 0 N–H and O–H groups in total. The first-order chi connectivity index (χ1) is 15.6. The van der Waals surface area contributed by atoms with E-state index in [0.717, 1.165) is 18.5 Å². The second-order valence-corrected chi connectivity index (χ2v) is 9.17. The third kappa shape index (κ3) is 3.84. The average molecular weight is 446 g/mol. The Hall–Kier alpha value is -3.32. The van der Waals surface area contributed by atoms with E-state index < -0.39 is 5.25 Å². The molecule has 32 heavy (non-hydrogen) atoms. The maximum atomic E-state index is 13.4. The molecule has 1 atom stereocenters. The molecule has 0 saturated heterocycles. The number of hydrogen-bond acceptors (Lipinski definition) is 5. The number of para-hydroxylation sites is 2. The number of nitrogens with zero attached hydrogens (tertiary/aromatic N) is 3. The van der Waals surface area contributed by atoms with Gasteiger partial charge >= 0.3 is 0 Å². The monoisotopic (exact) mass is 445 g/mol. The highest BCUT2D eigenvalue weighted by atomic mass is 32.2. The highest BCUT2D eigenvalue weighted by Gasteiger charge is 2.28. The molecular weight excluding hydrogens is 422 g/mol. The number of rotatable bonds is 5. The number of aromatic nitrogens is 2. The average Bonchev–Trinajstić information content (AvgIpc) is 3.34. The molecule has 3 heterocycles. The number of furan rings is 1. The van der Waals surface area contributed by atoms with E-state index in [1.165, 1.54) is 17.3 Å². The van der Waals surface area contributed by atoms with Crippen molar-refractivity contribution >= 4 is 34.3 Å². The molecule has 2 aromatic carbocycles. The van der Waals surface area contributed by atoms with E-state index in [1.807, 2.05) is 54.3 Å². The number of amides is 1. The quantitative estimate of drug-likeness (QED) is 0.334. The van der Waals surface area contributed by atoms with Crippen molar-refractivity contribution in [3.8, 4) is 0 Å². The van der Waals surface area contributed by atoms with Gasteiger partial charge in [0.1, 0.15) is 5.76 Å². The molecule has 7 heteroatoms. The van der Waals surface area contributed by atoms with Gasteiger partial charge in [-0.15, -0.1) is 0 Å². The predicted octanol–water partition coefficient (Wildman–Crippen LogP) is 4.50. The van der Waals surface area contributed by atoms with Crippen molar-refractivity contribution < 1.29 is 9.21 Å². The SMILES string of the molecule is C[C@@H](Sc1nc2ccccc2c(=O)n1Cc1ccco1)C(=O)N1CCCc2ccccc21. The highest BCUT2D eigenvalue weighted by molar-refractivity contribution is 8.00. The normalized spacial score (nSPS) is 14.3. The molecule has 5 rings (SSSR count). The third-order valence-corrected chi connectivity index (χ3v) is 6.80. The van der Waals surface area contributed by atoms with Gasteiger partial charge < -0.3 is 9.32 Å². The van der Waals surface area contributed by atoms with Gasteiger partial charge in [0, 0.05) is 12.2 Å². The summed E-state index contributed by atoms with van der Waals surface area (Å²) in [6, 6.07) is 19.0. The summed E-state index contributed by atoms with van der Waals surface area (Å²) in [5, 5.41) is 0.653. The minimum atomic E-state index is -0.405. The predicted molar refractivity (Wildman–Crippen MR) is 126 cm³/mol. The Kier molecular flexibility index (Phi) is 5.57. The number of carbonyl (C=O) groups excluding carboxylic acids is 1. The maximum absolute atomic E-state index is 13.4. The maximum Gasteiger partial charge on any atom is 0.262 e. The van der Waals surface area contributed by atoms with Gasteiger partial charge in [-0.2, -0.15) is 0 Å². The Morgan fingerprint density at radius 2 is 1.94 bits per heavy atom. The van der Waals surface area contributed by atoms with Crippen molar-refractivity contribution in [3.05, 3.63) is 88.6 Å². The van der Waals surface area contributed by atoms with Crippen LogP contribution in [-0.4, -0.2) is 27.3 Å². The van der Waals surface area contributed by atoms with Gasteiger partial charge in [0.2, 0.25) is 5.91 Å². The molecule has 0 fully saturated rings. The van der Waals surface area contributed by atoms with Crippen LogP contribution in [0.3, 0.4) is 0 Å². The van der Waals surface area contributed by atoms with Crippen molar-refractivity contribution in [3.63, 3.8) is 0 Å². The van der Waals surface area contributed by atoms with Gasteiger partial charge in [-0.1, -0.05) is 42.1 Å².